The third kappa shape index (κ3) is 5.35. The smallest absolute Gasteiger partial charge is 0.262 e. The topological polar surface area (TPSA) is 105 Å². The second-order valence-electron chi connectivity index (χ2n) is 7.73. The van der Waals surface area contributed by atoms with Gasteiger partial charge in [0.2, 0.25) is 5.91 Å². The molecule has 0 saturated carbocycles. The molecule has 8 nitrogen and oxygen atoms in total. The number of ether oxygens (including phenoxy) is 1. The Kier molecular flexibility index (Phi) is 6.84. The molecule has 2 aromatic rings. The minimum atomic E-state index is -3.92. The Morgan fingerprint density at radius 3 is 2.58 bits per heavy atom. The van der Waals surface area contributed by atoms with E-state index < -0.39 is 10.0 Å². The molecular formula is C22H27N3O5S. The number of carbonyl (C=O) groups is 2. The molecule has 1 aliphatic heterocycles. The third-order valence-electron chi connectivity index (χ3n) is 5.09. The molecule has 1 aliphatic rings. The van der Waals surface area contributed by atoms with Gasteiger partial charge in [-0.05, 0) is 36.8 Å². The van der Waals surface area contributed by atoms with Crippen LogP contribution >= 0.6 is 0 Å². The van der Waals surface area contributed by atoms with Crippen LogP contribution in [0.25, 0.3) is 0 Å². The van der Waals surface area contributed by atoms with Crippen LogP contribution in [-0.2, 0) is 14.8 Å². The number of para-hydroxylation sites is 2. The first-order chi connectivity index (χ1) is 14.7. The van der Waals surface area contributed by atoms with Gasteiger partial charge in [0.05, 0.1) is 17.7 Å². The molecule has 166 valence electrons. The van der Waals surface area contributed by atoms with E-state index in [1.54, 1.807) is 35.2 Å². The molecule has 1 saturated heterocycles. The van der Waals surface area contributed by atoms with E-state index in [1.807, 2.05) is 13.8 Å². The maximum absolute atomic E-state index is 12.8. The summed E-state index contributed by atoms with van der Waals surface area (Å²) in [4.78, 5) is 26.5. The maximum atomic E-state index is 12.8. The summed E-state index contributed by atoms with van der Waals surface area (Å²) in [6.45, 7) is 4.74. The van der Waals surface area contributed by atoms with Crippen LogP contribution in [0.1, 0.15) is 30.6 Å². The zero-order chi connectivity index (χ0) is 22.6. The number of methoxy groups -OCH3 is 1. The average molecular weight is 446 g/mol. The summed E-state index contributed by atoms with van der Waals surface area (Å²) >= 11 is 0. The first-order valence-electron chi connectivity index (χ1n) is 10.1. The van der Waals surface area contributed by atoms with Crippen LogP contribution in [-0.4, -0.2) is 51.4 Å². The van der Waals surface area contributed by atoms with E-state index >= 15 is 0 Å². The molecule has 0 spiro atoms. The van der Waals surface area contributed by atoms with Crippen molar-refractivity contribution in [3.05, 3.63) is 54.1 Å². The van der Waals surface area contributed by atoms with Gasteiger partial charge in [0.25, 0.3) is 15.9 Å². The number of nitrogens with zero attached hydrogens (tertiary/aromatic N) is 1. The molecule has 0 unspecified atom stereocenters. The normalized spacial score (nSPS) is 16.3. The van der Waals surface area contributed by atoms with E-state index in [0.717, 1.165) is 0 Å². The highest BCUT2D eigenvalue weighted by Crippen LogP contribution is 2.26. The number of amides is 2. The zero-order valence-electron chi connectivity index (χ0n) is 17.8. The van der Waals surface area contributed by atoms with Gasteiger partial charge >= 0.3 is 0 Å². The van der Waals surface area contributed by atoms with Crippen LogP contribution in [0.4, 0.5) is 5.69 Å². The number of anilines is 1. The second-order valence-corrected chi connectivity index (χ2v) is 9.41. The number of benzene rings is 2. The third-order valence-corrected chi connectivity index (χ3v) is 6.45. The largest absolute Gasteiger partial charge is 0.495 e. The van der Waals surface area contributed by atoms with Gasteiger partial charge in [-0.25, -0.2) is 8.42 Å². The fraction of sp³-hybridized carbons (Fsp3) is 0.364. The van der Waals surface area contributed by atoms with E-state index in [4.69, 9.17) is 4.74 Å². The Morgan fingerprint density at radius 1 is 1.13 bits per heavy atom. The second kappa shape index (κ2) is 9.38. The Balaban J connectivity index is 1.71. The number of sulfonamides is 1. The Hall–Kier alpha value is -3.07. The molecule has 2 aromatic carbocycles. The van der Waals surface area contributed by atoms with Crippen molar-refractivity contribution >= 4 is 27.5 Å². The molecule has 3 rings (SSSR count). The van der Waals surface area contributed by atoms with Crippen molar-refractivity contribution in [2.75, 3.05) is 24.9 Å². The van der Waals surface area contributed by atoms with Crippen molar-refractivity contribution in [3.8, 4) is 5.75 Å². The number of hydrogen-bond acceptors (Lipinski definition) is 5. The van der Waals surface area contributed by atoms with Crippen molar-refractivity contribution < 1.29 is 22.7 Å². The van der Waals surface area contributed by atoms with Gasteiger partial charge in [-0.1, -0.05) is 32.0 Å². The number of nitrogens with one attached hydrogen (secondary N) is 2. The van der Waals surface area contributed by atoms with Gasteiger partial charge in [-0.15, -0.1) is 0 Å². The standard InChI is InChI=1S/C22H27N3O5S/c1-15(2)22(27)25-12-11-17(14-25)23-21(26)16-7-6-8-18(13-16)31(28,29)24-19-9-4-5-10-20(19)30-3/h4-10,13,15,17,24H,11-12,14H2,1-3H3,(H,23,26)/t17-/m0/s1. The zero-order valence-corrected chi connectivity index (χ0v) is 18.6. The molecule has 0 bridgehead atoms. The van der Waals surface area contributed by atoms with Crippen LogP contribution in [0.15, 0.2) is 53.4 Å². The Labute approximate surface area is 182 Å². The molecule has 0 aromatic heterocycles. The van der Waals surface area contributed by atoms with Crippen LogP contribution in [0.3, 0.4) is 0 Å². The molecule has 0 aliphatic carbocycles. The lowest BCUT2D eigenvalue weighted by molar-refractivity contribution is -0.133. The predicted molar refractivity (Wildman–Crippen MR) is 118 cm³/mol. The van der Waals surface area contributed by atoms with Crippen LogP contribution < -0.4 is 14.8 Å². The molecule has 9 heteroatoms. The number of rotatable bonds is 7. The van der Waals surface area contributed by atoms with Gasteiger partial charge in [0.15, 0.2) is 0 Å². The number of hydrogen-bond donors (Lipinski definition) is 2. The molecule has 1 fully saturated rings. The minimum absolute atomic E-state index is 0.0332. The summed E-state index contributed by atoms with van der Waals surface area (Å²) in [5, 5.41) is 2.90. The molecule has 1 atom stereocenters. The van der Waals surface area contributed by atoms with Crippen LogP contribution in [0.5, 0.6) is 5.75 Å². The van der Waals surface area contributed by atoms with Crippen molar-refractivity contribution in [1.82, 2.24) is 10.2 Å². The quantitative estimate of drug-likeness (QED) is 0.681. The van der Waals surface area contributed by atoms with Gasteiger partial charge in [-0.3, -0.25) is 14.3 Å². The number of carbonyl (C=O) groups excluding carboxylic acids is 2. The van der Waals surface area contributed by atoms with Gasteiger partial charge in [0.1, 0.15) is 5.75 Å². The van der Waals surface area contributed by atoms with Crippen molar-refractivity contribution in [2.24, 2.45) is 5.92 Å². The summed E-state index contributed by atoms with van der Waals surface area (Å²) in [5.74, 6) is -0.0146. The molecule has 31 heavy (non-hydrogen) atoms. The van der Waals surface area contributed by atoms with Gasteiger partial charge in [0, 0.05) is 30.6 Å². The summed E-state index contributed by atoms with van der Waals surface area (Å²) in [6, 6.07) is 12.3. The van der Waals surface area contributed by atoms with Gasteiger partial charge < -0.3 is 15.0 Å². The first kappa shape index (κ1) is 22.6. The predicted octanol–water partition coefficient (Wildman–Crippen LogP) is 2.48. The van der Waals surface area contributed by atoms with Crippen LogP contribution in [0.2, 0.25) is 0 Å². The molecule has 2 N–H and O–H groups in total. The van der Waals surface area contributed by atoms with E-state index in [1.165, 1.54) is 25.3 Å². The minimum Gasteiger partial charge on any atom is -0.495 e. The molecule has 2 amide bonds. The lowest BCUT2D eigenvalue weighted by Crippen LogP contribution is -2.39. The SMILES string of the molecule is COc1ccccc1NS(=O)(=O)c1cccc(C(=O)N[C@H]2CCN(C(=O)C(C)C)C2)c1. The monoisotopic (exact) mass is 445 g/mol. The summed E-state index contributed by atoms with van der Waals surface area (Å²) < 4.78 is 33.3. The fourth-order valence-electron chi connectivity index (χ4n) is 3.45. The Bertz CT molecular complexity index is 1070. The Morgan fingerprint density at radius 2 is 1.87 bits per heavy atom. The lowest BCUT2D eigenvalue weighted by atomic mass is 10.2. The van der Waals surface area contributed by atoms with E-state index in [0.29, 0.717) is 30.9 Å². The van der Waals surface area contributed by atoms with Gasteiger partial charge in [-0.2, -0.15) is 0 Å². The number of likely N-dealkylation sites (tertiary alicyclic amines) is 1. The van der Waals surface area contributed by atoms with Crippen molar-refractivity contribution in [3.63, 3.8) is 0 Å². The van der Waals surface area contributed by atoms with Crippen molar-refractivity contribution in [2.45, 2.75) is 31.2 Å². The van der Waals surface area contributed by atoms with Crippen LogP contribution in [0, 0.1) is 5.92 Å². The summed E-state index contributed by atoms with van der Waals surface area (Å²) in [7, 11) is -2.47. The molecule has 1 heterocycles. The lowest BCUT2D eigenvalue weighted by Gasteiger charge is -2.19. The highest BCUT2D eigenvalue weighted by molar-refractivity contribution is 7.92. The fourth-order valence-corrected chi connectivity index (χ4v) is 4.57. The van der Waals surface area contributed by atoms with E-state index in [-0.39, 0.29) is 34.2 Å². The molecular weight excluding hydrogens is 418 g/mol. The first-order valence-corrected chi connectivity index (χ1v) is 11.5. The van der Waals surface area contributed by atoms with E-state index in [9.17, 15) is 18.0 Å². The highest BCUT2D eigenvalue weighted by atomic mass is 32.2. The highest BCUT2D eigenvalue weighted by Gasteiger charge is 2.29. The van der Waals surface area contributed by atoms with E-state index in [2.05, 4.69) is 10.0 Å². The molecule has 0 radical (unpaired) electrons. The average Bonchev–Trinajstić information content (AvgIpc) is 3.21. The summed E-state index contributed by atoms with van der Waals surface area (Å²) in [6.07, 6.45) is 0.664. The van der Waals surface area contributed by atoms with Crippen molar-refractivity contribution in [1.29, 1.82) is 0 Å². The maximum Gasteiger partial charge on any atom is 0.262 e. The summed E-state index contributed by atoms with van der Waals surface area (Å²) in [5.41, 5.74) is 0.539.